The van der Waals surface area contributed by atoms with Crippen LogP contribution in [-0.2, 0) is 0 Å². The summed E-state index contributed by atoms with van der Waals surface area (Å²) in [5.74, 6) is -0.0804. The Labute approximate surface area is 128 Å². The molecule has 0 aliphatic heterocycles. The Bertz CT molecular complexity index is 435. The molecule has 0 aromatic heterocycles. The molecule has 1 aromatic carbocycles. The summed E-state index contributed by atoms with van der Waals surface area (Å²) in [6.45, 7) is 9.08. The third-order valence-electron chi connectivity index (χ3n) is 2.98. The van der Waals surface area contributed by atoms with Crippen molar-refractivity contribution in [1.82, 2.24) is 10.2 Å². The Morgan fingerprint density at radius 1 is 1.42 bits per heavy atom. The maximum atomic E-state index is 12.1. The van der Waals surface area contributed by atoms with Crippen LogP contribution in [0.15, 0.2) is 22.7 Å². The number of halogens is 2. The summed E-state index contributed by atoms with van der Waals surface area (Å²) < 4.78 is 0.715. The van der Waals surface area contributed by atoms with Gasteiger partial charge in [-0.15, -0.1) is 0 Å². The number of hydrogen-bond donors (Lipinski definition) is 1. The first-order chi connectivity index (χ1) is 8.97. The zero-order valence-corrected chi connectivity index (χ0v) is 13.9. The SMILES string of the molecule is CCN(CC)CC(C)NC(=O)c1ccc(Cl)cc1Br. The Hall–Kier alpha value is -0.580. The molecule has 3 nitrogen and oxygen atoms in total. The van der Waals surface area contributed by atoms with Crippen LogP contribution in [0.25, 0.3) is 0 Å². The summed E-state index contributed by atoms with van der Waals surface area (Å²) in [5, 5.41) is 3.61. The van der Waals surface area contributed by atoms with Crippen LogP contribution in [0.5, 0.6) is 0 Å². The van der Waals surface area contributed by atoms with E-state index in [0.717, 1.165) is 19.6 Å². The third kappa shape index (κ3) is 5.13. The van der Waals surface area contributed by atoms with E-state index in [1.54, 1.807) is 18.2 Å². The van der Waals surface area contributed by atoms with Crippen LogP contribution in [0, 0.1) is 0 Å². The summed E-state index contributed by atoms with van der Waals surface area (Å²) >= 11 is 9.23. The van der Waals surface area contributed by atoms with E-state index in [-0.39, 0.29) is 11.9 Å². The van der Waals surface area contributed by atoms with E-state index in [1.807, 2.05) is 6.92 Å². The highest BCUT2D eigenvalue weighted by Gasteiger charge is 2.14. The van der Waals surface area contributed by atoms with Crippen molar-refractivity contribution in [3.05, 3.63) is 33.3 Å². The summed E-state index contributed by atoms with van der Waals surface area (Å²) in [5.41, 5.74) is 0.607. The quantitative estimate of drug-likeness (QED) is 0.853. The fourth-order valence-electron chi connectivity index (χ4n) is 1.89. The fraction of sp³-hybridized carbons (Fsp3) is 0.500. The maximum Gasteiger partial charge on any atom is 0.252 e. The van der Waals surface area contributed by atoms with Crippen molar-refractivity contribution in [2.75, 3.05) is 19.6 Å². The molecule has 0 bridgehead atoms. The van der Waals surface area contributed by atoms with Gasteiger partial charge in [0.15, 0.2) is 0 Å². The highest BCUT2D eigenvalue weighted by Crippen LogP contribution is 2.21. The largest absolute Gasteiger partial charge is 0.348 e. The molecule has 0 saturated carbocycles. The molecule has 1 N–H and O–H groups in total. The van der Waals surface area contributed by atoms with E-state index in [9.17, 15) is 4.79 Å². The van der Waals surface area contributed by atoms with Crippen LogP contribution in [0.1, 0.15) is 31.1 Å². The normalized spacial score (nSPS) is 12.5. The number of amides is 1. The number of hydrogen-bond acceptors (Lipinski definition) is 2. The number of carbonyl (C=O) groups is 1. The van der Waals surface area contributed by atoms with Gasteiger partial charge in [0.25, 0.3) is 5.91 Å². The van der Waals surface area contributed by atoms with Crippen LogP contribution in [0.4, 0.5) is 0 Å². The molecule has 1 rings (SSSR count). The minimum Gasteiger partial charge on any atom is -0.348 e. The molecule has 0 heterocycles. The number of rotatable bonds is 6. The monoisotopic (exact) mass is 346 g/mol. The zero-order chi connectivity index (χ0) is 14.4. The minimum absolute atomic E-state index is 0.0804. The van der Waals surface area contributed by atoms with Crippen molar-refractivity contribution in [3.8, 4) is 0 Å². The number of nitrogens with one attached hydrogen (secondary N) is 1. The molecule has 0 fully saturated rings. The van der Waals surface area contributed by atoms with Crippen LogP contribution in [0.3, 0.4) is 0 Å². The van der Waals surface area contributed by atoms with Gasteiger partial charge in [0.1, 0.15) is 0 Å². The smallest absolute Gasteiger partial charge is 0.252 e. The molecule has 1 atom stereocenters. The van der Waals surface area contributed by atoms with Gasteiger partial charge in [-0.2, -0.15) is 0 Å². The fourth-order valence-corrected chi connectivity index (χ4v) is 2.75. The van der Waals surface area contributed by atoms with Gasteiger partial charge in [-0.1, -0.05) is 25.4 Å². The second-order valence-electron chi connectivity index (χ2n) is 4.48. The predicted octanol–water partition coefficient (Wildman–Crippen LogP) is 3.56. The Balaban J connectivity index is 2.63. The molecule has 1 aromatic rings. The Kier molecular flexibility index (Phi) is 6.83. The summed E-state index contributed by atoms with van der Waals surface area (Å²) in [7, 11) is 0. The molecule has 0 spiro atoms. The average Bonchev–Trinajstić information content (AvgIpc) is 2.35. The second-order valence-corrected chi connectivity index (χ2v) is 5.78. The van der Waals surface area contributed by atoms with E-state index in [2.05, 4.69) is 40.0 Å². The standard InChI is InChI=1S/C14H20BrClN2O/c1-4-18(5-2)9-10(3)17-14(19)12-7-6-11(16)8-13(12)15/h6-8,10H,4-5,9H2,1-3H3,(H,17,19). The number of likely N-dealkylation sites (N-methyl/N-ethyl adjacent to an activating group) is 1. The lowest BCUT2D eigenvalue weighted by Crippen LogP contribution is -2.42. The first kappa shape index (κ1) is 16.5. The lowest BCUT2D eigenvalue weighted by atomic mass is 10.2. The van der Waals surface area contributed by atoms with Gasteiger partial charge < -0.3 is 10.2 Å². The Morgan fingerprint density at radius 3 is 2.58 bits per heavy atom. The van der Waals surface area contributed by atoms with Crippen LogP contribution in [-0.4, -0.2) is 36.5 Å². The molecular weight excluding hydrogens is 328 g/mol. The van der Waals surface area contributed by atoms with Gasteiger partial charge in [-0.05, 0) is 54.1 Å². The molecule has 0 aliphatic rings. The van der Waals surface area contributed by atoms with Gasteiger partial charge in [-0.3, -0.25) is 4.79 Å². The molecule has 0 saturated heterocycles. The lowest BCUT2D eigenvalue weighted by Gasteiger charge is -2.23. The van der Waals surface area contributed by atoms with E-state index in [4.69, 9.17) is 11.6 Å². The lowest BCUT2D eigenvalue weighted by molar-refractivity contribution is 0.0929. The van der Waals surface area contributed by atoms with E-state index >= 15 is 0 Å². The highest BCUT2D eigenvalue weighted by molar-refractivity contribution is 9.10. The number of nitrogens with zero attached hydrogens (tertiary/aromatic N) is 1. The van der Waals surface area contributed by atoms with E-state index in [0.29, 0.717) is 15.1 Å². The van der Waals surface area contributed by atoms with E-state index in [1.165, 1.54) is 0 Å². The zero-order valence-electron chi connectivity index (χ0n) is 11.5. The first-order valence-electron chi connectivity index (χ1n) is 6.46. The van der Waals surface area contributed by atoms with Crippen molar-refractivity contribution < 1.29 is 4.79 Å². The van der Waals surface area contributed by atoms with Crippen molar-refractivity contribution in [3.63, 3.8) is 0 Å². The topological polar surface area (TPSA) is 32.3 Å². The Morgan fingerprint density at radius 2 is 2.05 bits per heavy atom. The molecule has 0 aliphatic carbocycles. The van der Waals surface area contributed by atoms with Gasteiger partial charge in [0.05, 0.1) is 5.56 Å². The van der Waals surface area contributed by atoms with Gasteiger partial charge in [-0.25, -0.2) is 0 Å². The average molecular weight is 348 g/mol. The first-order valence-corrected chi connectivity index (χ1v) is 7.63. The van der Waals surface area contributed by atoms with Crippen molar-refractivity contribution in [1.29, 1.82) is 0 Å². The van der Waals surface area contributed by atoms with E-state index < -0.39 is 0 Å². The molecule has 19 heavy (non-hydrogen) atoms. The van der Waals surface area contributed by atoms with Gasteiger partial charge in [0.2, 0.25) is 0 Å². The predicted molar refractivity (Wildman–Crippen MR) is 83.9 cm³/mol. The van der Waals surface area contributed by atoms with Crippen molar-refractivity contribution >= 4 is 33.4 Å². The summed E-state index contributed by atoms with van der Waals surface area (Å²) in [6.07, 6.45) is 0. The molecule has 0 radical (unpaired) electrons. The van der Waals surface area contributed by atoms with Crippen LogP contribution in [0.2, 0.25) is 5.02 Å². The number of benzene rings is 1. The van der Waals surface area contributed by atoms with Gasteiger partial charge >= 0.3 is 0 Å². The molecule has 106 valence electrons. The van der Waals surface area contributed by atoms with Crippen LogP contribution >= 0.6 is 27.5 Å². The molecular formula is C14H20BrClN2O. The second kappa shape index (κ2) is 7.88. The van der Waals surface area contributed by atoms with Crippen molar-refractivity contribution in [2.45, 2.75) is 26.8 Å². The van der Waals surface area contributed by atoms with Crippen molar-refractivity contribution in [2.24, 2.45) is 0 Å². The minimum atomic E-state index is -0.0804. The third-order valence-corrected chi connectivity index (χ3v) is 3.87. The summed E-state index contributed by atoms with van der Waals surface area (Å²) in [6, 6.07) is 5.28. The maximum absolute atomic E-state index is 12.1. The van der Waals surface area contributed by atoms with Gasteiger partial charge in [0, 0.05) is 22.1 Å². The molecule has 1 amide bonds. The number of carbonyl (C=O) groups excluding carboxylic acids is 1. The molecule has 5 heteroatoms. The van der Waals surface area contributed by atoms with Crippen LogP contribution < -0.4 is 5.32 Å². The summed E-state index contributed by atoms with van der Waals surface area (Å²) in [4.78, 5) is 14.4. The highest BCUT2D eigenvalue weighted by atomic mass is 79.9. The molecule has 1 unspecified atom stereocenters.